The Morgan fingerprint density at radius 3 is 2.50 bits per heavy atom. The third kappa shape index (κ3) is 3.64. The number of nitriles is 1. The molecule has 2 amide bonds. The van der Waals surface area contributed by atoms with E-state index in [0.717, 1.165) is 0 Å². The van der Waals surface area contributed by atoms with E-state index in [4.69, 9.17) is 5.26 Å². The lowest BCUT2D eigenvalue weighted by Crippen LogP contribution is -2.43. The Balaban J connectivity index is 1.93. The highest BCUT2D eigenvalue weighted by Crippen LogP contribution is 2.22. The molecule has 1 aliphatic rings. The van der Waals surface area contributed by atoms with Crippen LogP contribution in [-0.2, 0) is 9.59 Å². The molecule has 0 unspecified atom stereocenters. The van der Waals surface area contributed by atoms with Crippen LogP contribution in [0.25, 0.3) is 0 Å². The van der Waals surface area contributed by atoms with E-state index >= 15 is 0 Å². The van der Waals surface area contributed by atoms with Gasteiger partial charge in [-0.3, -0.25) is 9.59 Å². The summed E-state index contributed by atoms with van der Waals surface area (Å²) >= 11 is 0. The van der Waals surface area contributed by atoms with Gasteiger partial charge in [-0.1, -0.05) is 26.0 Å². The molecule has 1 aromatic carbocycles. The first-order chi connectivity index (χ1) is 10.5. The molecule has 116 valence electrons. The van der Waals surface area contributed by atoms with Gasteiger partial charge in [-0.05, 0) is 25.0 Å². The second-order valence-corrected chi connectivity index (χ2v) is 5.90. The van der Waals surface area contributed by atoms with Crippen LogP contribution in [0.2, 0.25) is 0 Å². The number of hydrogen-bond donors (Lipinski definition) is 1. The second kappa shape index (κ2) is 7.08. The van der Waals surface area contributed by atoms with Gasteiger partial charge in [0, 0.05) is 24.9 Å². The van der Waals surface area contributed by atoms with E-state index < -0.39 is 0 Å². The van der Waals surface area contributed by atoms with Crippen molar-refractivity contribution >= 4 is 17.5 Å². The highest BCUT2D eigenvalue weighted by Gasteiger charge is 2.28. The van der Waals surface area contributed by atoms with Crippen LogP contribution in [0.15, 0.2) is 24.3 Å². The summed E-state index contributed by atoms with van der Waals surface area (Å²) in [6.45, 7) is 5.02. The fourth-order valence-corrected chi connectivity index (χ4v) is 2.65. The summed E-state index contributed by atoms with van der Waals surface area (Å²) in [4.78, 5) is 26.1. The molecule has 1 aromatic rings. The third-order valence-electron chi connectivity index (χ3n) is 3.98. The van der Waals surface area contributed by atoms with E-state index in [2.05, 4.69) is 11.4 Å². The van der Waals surface area contributed by atoms with Gasteiger partial charge in [-0.2, -0.15) is 5.26 Å². The topological polar surface area (TPSA) is 73.2 Å². The Hall–Kier alpha value is -2.35. The maximum Gasteiger partial charge on any atom is 0.227 e. The van der Waals surface area contributed by atoms with Gasteiger partial charge in [0.25, 0.3) is 0 Å². The Morgan fingerprint density at radius 1 is 1.27 bits per heavy atom. The monoisotopic (exact) mass is 299 g/mol. The molecule has 2 rings (SSSR count). The molecule has 0 bridgehead atoms. The van der Waals surface area contributed by atoms with Gasteiger partial charge in [0.05, 0.1) is 11.3 Å². The Labute approximate surface area is 130 Å². The van der Waals surface area contributed by atoms with E-state index in [0.29, 0.717) is 37.2 Å². The molecule has 5 heteroatoms. The largest absolute Gasteiger partial charge is 0.342 e. The number of amides is 2. The van der Waals surface area contributed by atoms with E-state index in [-0.39, 0.29) is 23.7 Å². The average Bonchev–Trinajstić information content (AvgIpc) is 2.54. The quantitative estimate of drug-likeness (QED) is 0.931. The standard InChI is InChI=1S/C17H21N3O2/c1-12(2)17(22)20-9-7-13(8-10-20)16(21)19-15-6-4-3-5-14(15)11-18/h3-6,12-13H,7-10H2,1-2H3,(H,19,21). The van der Waals surface area contributed by atoms with Crippen molar-refractivity contribution in [2.45, 2.75) is 26.7 Å². The molecular weight excluding hydrogens is 278 g/mol. The number of nitrogens with zero attached hydrogens (tertiary/aromatic N) is 2. The van der Waals surface area contributed by atoms with E-state index in [9.17, 15) is 9.59 Å². The average molecular weight is 299 g/mol. The van der Waals surface area contributed by atoms with E-state index in [1.54, 1.807) is 24.3 Å². The minimum atomic E-state index is -0.108. The first-order valence-electron chi connectivity index (χ1n) is 7.61. The zero-order valence-electron chi connectivity index (χ0n) is 13.0. The van der Waals surface area contributed by atoms with Crippen LogP contribution < -0.4 is 5.32 Å². The van der Waals surface area contributed by atoms with Crippen LogP contribution in [-0.4, -0.2) is 29.8 Å². The zero-order chi connectivity index (χ0) is 16.1. The van der Waals surface area contributed by atoms with E-state index in [1.165, 1.54) is 0 Å². The fraction of sp³-hybridized carbons (Fsp3) is 0.471. The van der Waals surface area contributed by atoms with Crippen molar-refractivity contribution in [2.75, 3.05) is 18.4 Å². The lowest BCUT2D eigenvalue weighted by Gasteiger charge is -2.32. The predicted molar refractivity (Wildman–Crippen MR) is 83.9 cm³/mol. The summed E-state index contributed by atoms with van der Waals surface area (Å²) < 4.78 is 0. The van der Waals surface area contributed by atoms with Gasteiger partial charge >= 0.3 is 0 Å². The molecule has 1 fully saturated rings. The van der Waals surface area contributed by atoms with Crippen molar-refractivity contribution in [2.24, 2.45) is 11.8 Å². The number of hydrogen-bond acceptors (Lipinski definition) is 3. The molecule has 1 aliphatic heterocycles. The van der Waals surface area contributed by atoms with Crippen LogP contribution in [0, 0.1) is 23.2 Å². The lowest BCUT2D eigenvalue weighted by atomic mass is 9.95. The van der Waals surface area contributed by atoms with Gasteiger partial charge in [0.2, 0.25) is 11.8 Å². The summed E-state index contributed by atoms with van der Waals surface area (Å²) in [7, 11) is 0. The lowest BCUT2D eigenvalue weighted by molar-refractivity contribution is -0.137. The van der Waals surface area contributed by atoms with Crippen LogP contribution in [0.4, 0.5) is 5.69 Å². The minimum Gasteiger partial charge on any atom is -0.342 e. The smallest absolute Gasteiger partial charge is 0.227 e. The second-order valence-electron chi connectivity index (χ2n) is 5.90. The molecule has 0 atom stereocenters. The van der Waals surface area contributed by atoms with Gasteiger partial charge < -0.3 is 10.2 Å². The van der Waals surface area contributed by atoms with Crippen molar-refractivity contribution in [1.82, 2.24) is 4.90 Å². The zero-order valence-corrected chi connectivity index (χ0v) is 13.0. The van der Waals surface area contributed by atoms with Crippen molar-refractivity contribution in [3.8, 4) is 6.07 Å². The molecule has 0 aromatic heterocycles. The molecule has 0 aliphatic carbocycles. The van der Waals surface area contributed by atoms with Crippen molar-refractivity contribution in [1.29, 1.82) is 5.26 Å². The van der Waals surface area contributed by atoms with Crippen LogP contribution >= 0.6 is 0 Å². The summed E-state index contributed by atoms with van der Waals surface area (Å²) in [5.41, 5.74) is 1.01. The minimum absolute atomic E-state index is 0.00659. The Kier molecular flexibility index (Phi) is 5.16. The predicted octanol–water partition coefficient (Wildman–Crippen LogP) is 2.39. The van der Waals surface area contributed by atoms with Crippen LogP contribution in [0.1, 0.15) is 32.3 Å². The Morgan fingerprint density at radius 2 is 1.91 bits per heavy atom. The Bertz CT molecular complexity index is 596. The number of anilines is 1. The third-order valence-corrected chi connectivity index (χ3v) is 3.98. The number of piperidine rings is 1. The summed E-state index contributed by atoms with van der Waals surface area (Å²) in [6.07, 6.45) is 1.33. The van der Waals surface area contributed by atoms with Gasteiger partial charge in [0.1, 0.15) is 6.07 Å². The number of carbonyl (C=O) groups is 2. The molecule has 0 radical (unpaired) electrons. The number of para-hydroxylation sites is 1. The highest BCUT2D eigenvalue weighted by molar-refractivity contribution is 5.94. The van der Waals surface area contributed by atoms with Crippen LogP contribution in [0.3, 0.4) is 0 Å². The first-order valence-corrected chi connectivity index (χ1v) is 7.61. The van der Waals surface area contributed by atoms with Gasteiger partial charge in [-0.15, -0.1) is 0 Å². The molecule has 0 spiro atoms. The van der Waals surface area contributed by atoms with Crippen molar-refractivity contribution in [3.05, 3.63) is 29.8 Å². The summed E-state index contributed by atoms with van der Waals surface area (Å²) in [5.74, 6) is -0.0381. The molecule has 1 saturated heterocycles. The molecule has 5 nitrogen and oxygen atoms in total. The fourth-order valence-electron chi connectivity index (χ4n) is 2.65. The molecule has 1 heterocycles. The number of likely N-dealkylation sites (tertiary alicyclic amines) is 1. The number of carbonyl (C=O) groups excluding carboxylic acids is 2. The maximum absolute atomic E-state index is 12.3. The normalized spacial score (nSPS) is 15.5. The number of rotatable bonds is 3. The molecular formula is C17H21N3O2. The van der Waals surface area contributed by atoms with Crippen LogP contribution in [0.5, 0.6) is 0 Å². The van der Waals surface area contributed by atoms with Gasteiger partial charge in [0.15, 0.2) is 0 Å². The summed E-state index contributed by atoms with van der Waals surface area (Å²) in [6, 6.07) is 9.04. The number of nitrogens with one attached hydrogen (secondary N) is 1. The van der Waals surface area contributed by atoms with Crippen molar-refractivity contribution in [3.63, 3.8) is 0 Å². The summed E-state index contributed by atoms with van der Waals surface area (Å²) in [5, 5.41) is 11.9. The molecule has 0 saturated carbocycles. The molecule has 22 heavy (non-hydrogen) atoms. The maximum atomic E-state index is 12.3. The number of benzene rings is 1. The first kappa shape index (κ1) is 16.0. The SMILES string of the molecule is CC(C)C(=O)N1CCC(C(=O)Nc2ccccc2C#N)CC1. The highest BCUT2D eigenvalue weighted by atomic mass is 16.2. The van der Waals surface area contributed by atoms with Crippen molar-refractivity contribution < 1.29 is 9.59 Å². The molecule has 1 N–H and O–H groups in total. The van der Waals surface area contributed by atoms with E-state index in [1.807, 2.05) is 18.7 Å². The van der Waals surface area contributed by atoms with Gasteiger partial charge in [-0.25, -0.2) is 0 Å².